The maximum Gasteiger partial charge on any atom is 0.261 e. The van der Waals surface area contributed by atoms with Crippen molar-refractivity contribution in [1.29, 1.82) is 0 Å². The number of benzene rings is 2. The van der Waals surface area contributed by atoms with Crippen LogP contribution in [0.15, 0.2) is 47.4 Å². The summed E-state index contributed by atoms with van der Waals surface area (Å²) in [6.45, 7) is 0. The van der Waals surface area contributed by atoms with E-state index in [0.717, 1.165) is 0 Å². The first-order chi connectivity index (χ1) is 9.81. The van der Waals surface area contributed by atoms with Gasteiger partial charge in [-0.15, -0.1) is 0 Å². The van der Waals surface area contributed by atoms with Gasteiger partial charge in [-0.2, -0.15) is 0 Å². The largest absolute Gasteiger partial charge is 0.389 e. The minimum atomic E-state index is -3.82. The van der Waals surface area contributed by atoms with Crippen molar-refractivity contribution < 1.29 is 8.42 Å². The van der Waals surface area contributed by atoms with Crippen LogP contribution in [0.2, 0.25) is 10.0 Å². The van der Waals surface area contributed by atoms with E-state index < -0.39 is 10.0 Å². The fraction of sp³-hybridized carbons (Fsp3) is 0. The van der Waals surface area contributed by atoms with Crippen LogP contribution >= 0.6 is 35.4 Å². The van der Waals surface area contributed by atoms with Crippen LogP contribution < -0.4 is 10.5 Å². The van der Waals surface area contributed by atoms with Crippen molar-refractivity contribution in [2.75, 3.05) is 4.72 Å². The van der Waals surface area contributed by atoms with Gasteiger partial charge in [0.05, 0.1) is 20.6 Å². The van der Waals surface area contributed by atoms with Crippen molar-refractivity contribution in [1.82, 2.24) is 0 Å². The quantitative estimate of drug-likeness (QED) is 0.819. The summed E-state index contributed by atoms with van der Waals surface area (Å²) in [6, 6.07) is 10.6. The smallest absolute Gasteiger partial charge is 0.261 e. The number of nitrogens with one attached hydrogen (secondary N) is 1. The van der Waals surface area contributed by atoms with Crippen molar-refractivity contribution in [3.05, 3.63) is 58.1 Å². The Bertz CT molecular complexity index is 808. The van der Waals surface area contributed by atoms with E-state index in [-0.39, 0.29) is 19.9 Å². The molecule has 2 aromatic carbocycles. The molecule has 0 saturated carbocycles. The highest BCUT2D eigenvalue weighted by atomic mass is 35.5. The number of hydrogen-bond acceptors (Lipinski definition) is 3. The molecule has 0 spiro atoms. The lowest BCUT2D eigenvalue weighted by atomic mass is 10.2. The first kappa shape index (κ1) is 16.0. The molecule has 2 rings (SSSR count). The zero-order valence-electron chi connectivity index (χ0n) is 10.5. The van der Waals surface area contributed by atoms with E-state index in [1.807, 2.05) is 0 Å². The van der Waals surface area contributed by atoms with Gasteiger partial charge in [-0.05, 0) is 30.3 Å². The van der Waals surface area contributed by atoms with Crippen LogP contribution in [0.5, 0.6) is 0 Å². The third-order valence-corrected chi connectivity index (χ3v) is 4.96. The third kappa shape index (κ3) is 3.65. The van der Waals surface area contributed by atoms with Crippen molar-refractivity contribution in [2.24, 2.45) is 5.73 Å². The van der Waals surface area contributed by atoms with Gasteiger partial charge < -0.3 is 5.73 Å². The molecule has 0 fully saturated rings. The summed E-state index contributed by atoms with van der Waals surface area (Å²) in [4.78, 5) is 0.0945. The molecule has 0 amide bonds. The Hall–Kier alpha value is -1.34. The van der Waals surface area contributed by atoms with Gasteiger partial charge in [0.25, 0.3) is 10.0 Å². The predicted octanol–water partition coefficient (Wildman–Crippen LogP) is 3.43. The minimum Gasteiger partial charge on any atom is -0.389 e. The van der Waals surface area contributed by atoms with Crippen LogP contribution in [0.25, 0.3) is 0 Å². The zero-order valence-corrected chi connectivity index (χ0v) is 13.7. The second-order valence-electron chi connectivity index (χ2n) is 4.09. The average molecular weight is 361 g/mol. The van der Waals surface area contributed by atoms with E-state index in [0.29, 0.717) is 11.3 Å². The molecule has 21 heavy (non-hydrogen) atoms. The topological polar surface area (TPSA) is 72.2 Å². The minimum absolute atomic E-state index is 0.00496. The van der Waals surface area contributed by atoms with Gasteiger partial charge in [0.2, 0.25) is 0 Å². The third-order valence-electron chi connectivity index (χ3n) is 2.64. The zero-order chi connectivity index (χ0) is 15.6. The second-order valence-corrected chi connectivity index (χ2v) is 7.03. The van der Waals surface area contributed by atoms with Gasteiger partial charge in [0.1, 0.15) is 4.99 Å². The van der Waals surface area contributed by atoms with Crippen molar-refractivity contribution in [2.45, 2.75) is 4.90 Å². The summed E-state index contributed by atoms with van der Waals surface area (Å²) in [6.07, 6.45) is 0. The Kier molecular flexibility index (Phi) is 4.73. The molecule has 0 bridgehead atoms. The molecular weight excluding hydrogens is 351 g/mol. The molecule has 110 valence electrons. The summed E-state index contributed by atoms with van der Waals surface area (Å²) in [5, 5.41) is 0.432. The maximum absolute atomic E-state index is 12.3. The molecule has 0 atom stereocenters. The van der Waals surface area contributed by atoms with E-state index in [1.165, 1.54) is 18.2 Å². The van der Waals surface area contributed by atoms with Crippen LogP contribution in [-0.2, 0) is 10.0 Å². The molecule has 0 aromatic heterocycles. The summed E-state index contributed by atoms with van der Waals surface area (Å²) < 4.78 is 27.1. The Morgan fingerprint density at radius 3 is 2.38 bits per heavy atom. The van der Waals surface area contributed by atoms with Crippen LogP contribution in [0.1, 0.15) is 5.56 Å². The SMILES string of the molecule is NC(=S)c1ccccc1NS(=O)(=O)c1ccc(Cl)c(Cl)c1. The van der Waals surface area contributed by atoms with Gasteiger partial charge in [0, 0.05) is 5.56 Å². The van der Waals surface area contributed by atoms with Crippen LogP contribution in [0, 0.1) is 0 Å². The number of hydrogen-bond donors (Lipinski definition) is 2. The van der Waals surface area contributed by atoms with Gasteiger partial charge in [-0.25, -0.2) is 8.42 Å². The summed E-state index contributed by atoms with van der Waals surface area (Å²) in [5.41, 5.74) is 6.32. The highest BCUT2D eigenvalue weighted by molar-refractivity contribution is 7.92. The second kappa shape index (κ2) is 6.19. The Balaban J connectivity index is 2.42. The molecule has 2 aromatic rings. The summed E-state index contributed by atoms with van der Waals surface area (Å²) in [5.74, 6) is 0. The lowest BCUT2D eigenvalue weighted by Gasteiger charge is -2.12. The highest BCUT2D eigenvalue weighted by Gasteiger charge is 2.17. The van der Waals surface area contributed by atoms with Crippen LogP contribution in [0.4, 0.5) is 5.69 Å². The van der Waals surface area contributed by atoms with Crippen molar-refractivity contribution >= 4 is 56.1 Å². The van der Waals surface area contributed by atoms with Crippen LogP contribution in [-0.4, -0.2) is 13.4 Å². The number of thiocarbonyl (C=S) groups is 1. The Morgan fingerprint density at radius 1 is 1.10 bits per heavy atom. The van der Waals surface area contributed by atoms with Gasteiger partial charge in [0.15, 0.2) is 0 Å². The first-order valence-corrected chi connectivity index (χ1v) is 8.33. The molecule has 4 nitrogen and oxygen atoms in total. The predicted molar refractivity (Wildman–Crippen MR) is 89.6 cm³/mol. The monoisotopic (exact) mass is 360 g/mol. The number of halogens is 2. The van der Waals surface area contributed by atoms with E-state index in [9.17, 15) is 8.42 Å². The van der Waals surface area contributed by atoms with Crippen LogP contribution in [0.3, 0.4) is 0 Å². The first-order valence-electron chi connectivity index (χ1n) is 5.68. The molecule has 0 aliphatic carbocycles. The van der Waals surface area contributed by atoms with E-state index in [2.05, 4.69) is 4.72 Å². The van der Waals surface area contributed by atoms with Crippen molar-refractivity contribution in [3.63, 3.8) is 0 Å². The molecular formula is C13H10Cl2N2O2S2. The normalized spacial score (nSPS) is 11.1. The molecule has 0 unspecified atom stereocenters. The molecule has 3 N–H and O–H groups in total. The molecule has 0 saturated heterocycles. The van der Waals surface area contributed by atoms with Crippen molar-refractivity contribution in [3.8, 4) is 0 Å². The standard InChI is InChI=1S/C13H10Cl2N2O2S2/c14-10-6-5-8(7-11(10)15)21(18,19)17-12-4-2-1-3-9(12)13(16)20/h1-7,17H,(H2,16,20). The van der Waals surface area contributed by atoms with E-state index >= 15 is 0 Å². The fourth-order valence-electron chi connectivity index (χ4n) is 1.63. The molecule has 0 radical (unpaired) electrons. The fourth-order valence-corrected chi connectivity index (χ4v) is 3.28. The molecule has 0 aliphatic rings. The van der Waals surface area contributed by atoms with E-state index in [1.54, 1.807) is 24.3 Å². The molecule has 0 heterocycles. The maximum atomic E-state index is 12.3. The lowest BCUT2D eigenvalue weighted by Crippen LogP contribution is -2.18. The Morgan fingerprint density at radius 2 is 1.76 bits per heavy atom. The lowest BCUT2D eigenvalue weighted by molar-refractivity contribution is 0.601. The number of anilines is 1. The number of nitrogens with two attached hydrogens (primary N) is 1. The summed E-state index contributed by atoms with van der Waals surface area (Å²) in [7, 11) is -3.82. The number of sulfonamides is 1. The van der Waals surface area contributed by atoms with Gasteiger partial charge in [-0.3, -0.25) is 4.72 Å². The number of para-hydroxylation sites is 1. The van der Waals surface area contributed by atoms with Gasteiger partial charge >= 0.3 is 0 Å². The average Bonchev–Trinajstić information content (AvgIpc) is 2.41. The molecule has 8 heteroatoms. The van der Waals surface area contributed by atoms with Gasteiger partial charge in [-0.1, -0.05) is 47.6 Å². The summed E-state index contributed by atoms with van der Waals surface area (Å²) >= 11 is 16.5. The molecule has 0 aliphatic heterocycles. The Labute approximate surface area is 137 Å². The van der Waals surface area contributed by atoms with E-state index in [4.69, 9.17) is 41.2 Å². The highest BCUT2D eigenvalue weighted by Crippen LogP contribution is 2.26. The number of rotatable bonds is 4.